The van der Waals surface area contributed by atoms with Crippen LogP contribution < -0.4 is 17.0 Å². The maximum atomic E-state index is 11.7. The second-order valence-corrected chi connectivity index (χ2v) is 3.59. The van der Waals surface area contributed by atoms with E-state index < -0.39 is 0 Å². The van der Waals surface area contributed by atoms with Gasteiger partial charge in [-0.05, 0) is 13.8 Å². The molecule has 6 nitrogen and oxygen atoms in total. The smallest absolute Gasteiger partial charge is 0.299 e. The molecule has 0 fully saturated rings. The van der Waals surface area contributed by atoms with Crippen molar-refractivity contribution in [2.75, 3.05) is 0 Å². The molecule has 15 heavy (non-hydrogen) atoms. The molecule has 0 bridgehead atoms. The van der Waals surface area contributed by atoms with Crippen molar-refractivity contribution < 1.29 is 4.79 Å². The number of rotatable bonds is 4. The molecule has 1 heterocycles. The highest BCUT2D eigenvalue weighted by molar-refractivity contribution is 5.74. The SMILES string of the molecule is CC(C)n1ccn(CCC(=O)NN)c1=O. The Morgan fingerprint density at radius 3 is 2.67 bits per heavy atom. The van der Waals surface area contributed by atoms with Crippen LogP contribution in [0.1, 0.15) is 26.3 Å². The highest BCUT2D eigenvalue weighted by Crippen LogP contribution is 1.99. The lowest BCUT2D eigenvalue weighted by Crippen LogP contribution is -2.32. The zero-order chi connectivity index (χ0) is 11.4. The summed E-state index contributed by atoms with van der Waals surface area (Å²) in [4.78, 5) is 22.6. The summed E-state index contributed by atoms with van der Waals surface area (Å²) >= 11 is 0. The van der Waals surface area contributed by atoms with Crippen LogP contribution in [0.4, 0.5) is 0 Å². The summed E-state index contributed by atoms with van der Waals surface area (Å²) in [6.07, 6.45) is 3.60. The predicted molar refractivity (Wildman–Crippen MR) is 56.0 cm³/mol. The van der Waals surface area contributed by atoms with Crippen LogP contribution in [-0.2, 0) is 11.3 Å². The van der Waals surface area contributed by atoms with Crippen molar-refractivity contribution in [3.63, 3.8) is 0 Å². The van der Waals surface area contributed by atoms with E-state index in [4.69, 9.17) is 5.84 Å². The van der Waals surface area contributed by atoms with Gasteiger partial charge in [-0.15, -0.1) is 0 Å². The topological polar surface area (TPSA) is 82.1 Å². The predicted octanol–water partition coefficient (Wildman–Crippen LogP) is -0.389. The van der Waals surface area contributed by atoms with E-state index in [9.17, 15) is 9.59 Å². The Hall–Kier alpha value is -1.56. The highest BCUT2D eigenvalue weighted by atomic mass is 16.2. The van der Waals surface area contributed by atoms with Crippen LogP contribution in [0.25, 0.3) is 0 Å². The van der Waals surface area contributed by atoms with E-state index in [1.807, 2.05) is 19.3 Å². The average molecular weight is 212 g/mol. The number of nitrogens with zero attached hydrogens (tertiary/aromatic N) is 2. The summed E-state index contributed by atoms with van der Waals surface area (Å²) in [6.45, 7) is 4.21. The van der Waals surface area contributed by atoms with Gasteiger partial charge in [0.25, 0.3) is 0 Å². The third-order valence-corrected chi connectivity index (χ3v) is 2.17. The van der Waals surface area contributed by atoms with Crippen LogP contribution in [0.3, 0.4) is 0 Å². The molecule has 0 saturated heterocycles. The van der Waals surface area contributed by atoms with Crippen molar-refractivity contribution in [3.05, 3.63) is 22.9 Å². The van der Waals surface area contributed by atoms with E-state index in [2.05, 4.69) is 0 Å². The summed E-state index contributed by atoms with van der Waals surface area (Å²) < 4.78 is 3.11. The fourth-order valence-electron chi connectivity index (χ4n) is 1.29. The largest absolute Gasteiger partial charge is 0.328 e. The fourth-order valence-corrected chi connectivity index (χ4v) is 1.29. The molecular formula is C9H16N4O2. The molecule has 0 atom stereocenters. The molecule has 1 aromatic heterocycles. The van der Waals surface area contributed by atoms with Gasteiger partial charge in [0, 0.05) is 31.4 Å². The van der Waals surface area contributed by atoms with E-state index >= 15 is 0 Å². The van der Waals surface area contributed by atoms with Crippen LogP contribution in [0.15, 0.2) is 17.2 Å². The highest BCUT2D eigenvalue weighted by Gasteiger charge is 2.06. The van der Waals surface area contributed by atoms with Gasteiger partial charge < -0.3 is 0 Å². The maximum absolute atomic E-state index is 11.7. The van der Waals surface area contributed by atoms with E-state index in [1.165, 1.54) is 4.57 Å². The normalized spacial score (nSPS) is 10.7. The minimum absolute atomic E-state index is 0.102. The first-order valence-electron chi connectivity index (χ1n) is 4.83. The number of aromatic nitrogens is 2. The Balaban J connectivity index is 2.71. The van der Waals surface area contributed by atoms with Gasteiger partial charge in [-0.3, -0.25) is 19.4 Å². The Morgan fingerprint density at radius 2 is 2.20 bits per heavy atom. The van der Waals surface area contributed by atoms with Gasteiger partial charge in [-0.1, -0.05) is 0 Å². The van der Waals surface area contributed by atoms with Gasteiger partial charge in [0.2, 0.25) is 5.91 Å². The first-order valence-corrected chi connectivity index (χ1v) is 4.83. The van der Waals surface area contributed by atoms with E-state index in [0.29, 0.717) is 6.54 Å². The second kappa shape index (κ2) is 4.79. The lowest BCUT2D eigenvalue weighted by molar-refractivity contribution is -0.121. The number of carbonyl (C=O) groups excluding carboxylic acids is 1. The summed E-state index contributed by atoms with van der Waals surface area (Å²) in [7, 11) is 0. The summed E-state index contributed by atoms with van der Waals surface area (Å²) in [6, 6.07) is 0.127. The first kappa shape index (κ1) is 11.5. The number of carbonyl (C=O) groups is 1. The van der Waals surface area contributed by atoms with Crippen molar-refractivity contribution in [2.45, 2.75) is 32.9 Å². The molecule has 0 radical (unpaired) electrons. The van der Waals surface area contributed by atoms with Crippen molar-refractivity contribution >= 4 is 5.91 Å². The molecule has 0 aliphatic rings. The lowest BCUT2D eigenvalue weighted by Gasteiger charge is -2.04. The third kappa shape index (κ3) is 2.69. The van der Waals surface area contributed by atoms with Gasteiger partial charge >= 0.3 is 5.69 Å². The van der Waals surface area contributed by atoms with Gasteiger partial charge in [-0.25, -0.2) is 10.6 Å². The van der Waals surface area contributed by atoms with E-state index in [1.54, 1.807) is 17.0 Å². The Labute approximate surface area is 87.7 Å². The van der Waals surface area contributed by atoms with Crippen molar-refractivity contribution in [2.24, 2.45) is 5.84 Å². The number of amides is 1. The van der Waals surface area contributed by atoms with Crippen LogP contribution in [0.2, 0.25) is 0 Å². The molecule has 6 heteroatoms. The Bertz CT molecular complexity index is 391. The van der Waals surface area contributed by atoms with Crippen LogP contribution in [0, 0.1) is 0 Å². The molecule has 84 valence electrons. The minimum atomic E-state index is -0.279. The maximum Gasteiger partial charge on any atom is 0.328 e. The molecular weight excluding hydrogens is 196 g/mol. The third-order valence-electron chi connectivity index (χ3n) is 2.17. The molecule has 0 saturated carbocycles. The number of nitrogens with two attached hydrogens (primary N) is 1. The molecule has 0 aromatic carbocycles. The number of hydrazine groups is 1. The number of hydrogen-bond donors (Lipinski definition) is 2. The molecule has 0 aliphatic heterocycles. The first-order chi connectivity index (χ1) is 7.06. The number of aryl methyl sites for hydroxylation is 1. The Morgan fingerprint density at radius 1 is 1.53 bits per heavy atom. The zero-order valence-electron chi connectivity index (χ0n) is 8.93. The standard InChI is InChI=1S/C9H16N4O2/c1-7(2)13-6-5-12(9(13)15)4-3-8(14)11-10/h5-7H,3-4,10H2,1-2H3,(H,11,14). The second-order valence-electron chi connectivity index (χ2n) is 3.59. The molecule has 0 aliphatic carbocycles. The monoisotopic (exact) mass is 212 g/mol. The number of nitrogens with one attached hydrogen (secondary N) is 1. The Kier molecular flexibility index (Phi) is 3.68. The lowest BCUT2D eigenvalue weighted by atomic mass is 10.4. The van der Waals surface area contributed by atoms with Crippen LogP contribution >= 0.6 is 0 Å². The van der Waals surface area contributed by atoms with Gasteiger partial charge in [0.1, 0.15) is 0 Å². The van der Waals surface area contributed by atoms with Crippen molar-refractivity contribution in [3.8, 4) is 0 Å². The summed E-state index contributed by atoms with van der Waals surface area (Å²) in [5, 5.41) is 0. The molecule has 0 unspecified atom stereocenters. The molecule has 1 aromatic rings. The zero-order valence-corrected chi connectivity index (χ0v) is 8.93. The minimum Gasteiger partial charge on any atom is -0.299 e. The van der Waals surface area contributed by atoms with Crippen LogP contribution in [-0.4, -0.2) is 15.0 Å². The molecule has 0 spiro atoms. The van der Waals surface area contributed by atoms with Crippen LogP contribution in [0.5, 0.6) is 0 Å². The van der Waals surface area contributed by atoms with Gasteiger partial charge in [0.15, 0.2) is 0 Å². The summed E-state index contributed by atoms with van der Waals surface area (Å²) in [5.41, 5.74) is 1.92. The van der Waals surface area contributed by atoms with Crippen molar-refractivity contribution in [1.29, 1.82) is 0 Å². The van der Waals surface area contributed by atoms with E-state index in [0.717, 1.165) is 0 Å². The summed E-state index contributed by atoms with van der Waals surface area (Å²) in [5.74, 6) is 4.66. The van der Waals surface area contributed by atoms with E-state index in [-0.39, 0.29) is 24.1 Å². The van der Waals surface area contributed by atoms with Gasteiger partial charge in [0.05, 0.1) is 0 Å². The molecule has 3 N–H and O–H groups in total. The van der Waals surface area contributed by atoms with Crippen molar-refractivity contribution in [1.82, 2.24) is 14.6 Å². The quantitative estimate of drug-likeness (QED) is 0.405. The van der Waals surface area contributed by atoms with Gasteiger partial charge in [-0.2, -0.15) is 0 Å². The number of hydrogen-bond acceptors (Lipinski definition) is 3. The fraction of sp³-hybridized carbons (Fsp3) is 0.556. The number of imidazole rings is 1. The molecule has 1 amide bonds. The molecule has 1 rings (SSSR count). The average Bonchev–Trinajstić information content (AvgIpc) is 2.56.